The van der Waals surface area contributed by atoms with E-state index in [-0.39, 0.29) is 21.2 Å². The number of imidazole rings is 1. The number of halogens is 4. The fourth-order valence-corrected chi connectivity index (χ4v) is 5.22. The smallest absolute Gasteiger partial charge is 0.290 e. The van der Waals surface area contributed by atoms with E-state index in [1.54, 1.807) is 10.8 Å². The zero-order chi connectivity index (χ0) is 25.6. The van der Waals surface area contributed by atoms with E-state index in [0.717, 1.165) is 19.8 Å². The van der Waals surface area contributed by atoms with Crippen LogP contribution in [0.1, 0.15) is 61.2 Å². The van der Waals surface area contributed by atoms with Crippen molar-refractivity contribution in [2.45, 2.75) is 57.5 Å². The van der Waals surface area contributed by atoms with Gasteiger partial charge in [-0.3, -0.25) is 4.79 Å². The summed E-state index contributed by atoms with van der Waals surface area (Å²) in [7, 11) is 0. The van der Waals surface area contributed by atoms with Crippen LogP contribution >= 0.6 is 23.2 Å². The van der Waals surface area contributed by atoms with Crippen molar-refractivity contribution in [1.82, 2.24) is 19.3 Å². The van der Waals surface area contributed by atoms with Gasteiger partial charge in [0.2, 0.25) is 0 Å². The molecule has 1 saturated heterocycles. The van der Waals surface area contributed by atoms with Crippen molar-refractivity contribution in [3.63, 3.8) is 0 Å². The number of fused-ring (bicyclic) bond motifs is 1. The molecule has 36 heavy (non-hydrogen) atoms. The number of nitrogens with zero attached hydrogens (tertiary/aromatic N) is 5. The van der Waals surface area contributed by atoms with Gasteiger partial charge in [0.05, 0.1) is 30.3 Å². The van der Waals surface area contributed by atoms with Crippen molar-refractivity contribution in [2.75, 3.05) is 18.1 Å². The van der Waals surface area contributed by atoms with Crippen LogP contribution in [-0.4, -0.2) is 37.6 Å². The van der Waals surface area contributed by atoms with Gasteiger partial charge < -0.3 is 19.3 Å². The van der Waals surface area contributed by atoms with Gasteiger partial charge in [-0.2, -0.15) is 9.78 Å². The normalized spacial score (nSPS) is 19.3. The topological polar surface area (TPSA) is 85.4 Å². The van der Waals surface area contributed by atoms with Crippen molar-refractivity contribution in [2.24, 2.45) is 0 Å². The van der Waals surface area contributed by atoms with Crippen molar-refractivity contribution < 1.29 is 18.6 Å². The van der Waals surface area contributed by atoms with Crippen LogP contribution in [0.5, 0.6) is 0 Å². The first kappa shape index (κ1) is 25.1. The lowest BCUT2D eigenvalue weighted by atomic mass is 9.96. The van der Waals surface area contributed by atoms with Gasteiger partial charge in [-0.1, -0.05) is 29.3 Å². The molecule has 12 heteroatoms. The molecule has 4 heterocycles. The highest BCUT2D eigenvalue weighted by molar-refractivity contribution is 6.33. The summed E-state index contributed by atoms with van der Waals surface area (Å²) in [6.07, 6.45) is 3.90. The van der Waals surface area contributed by atoms with Crippen LogP contribution in [0.15, 0.2) is 35.4 Å². The Hall–Kier alpha value is -2.53. The first-order valence-electron chi connectivity index (χ1n) is 11.7. The average molecular weight is 540 g/mol. The van der Waals surface area contributed by atoms with Gasteiger partial charge in [-0.25, -0.2) is 13.8 Å². The molecular formula is C24H25Cl2F2N5O3. The van der Waals surface area contributed by atoms with Gasteiger partial charge in [-0.05, 0) is 37.0 Å². The van der Waals surface area contributed by atoms with Crippen molar-refractivity contribution in [3.8, 4) is 0 Å². The van der Waals surface area contributed by atoms with E-state index in [0.29, 0.717) is 49.9 Å². The lowest BCUT2D eigenvalue weighted by molar-refractivity contribution is -0.0424. The molecular weight excluding hydrogens is 515 g/mol. The Kier molecular flexibility index (Phi) is 6.80. The van der Waals surface area contributed by atoms with Gasteiger partial charge in [-0.15, -0.1) is 0 Å². The molecule has 1 N–H and O–H groups in total. The first-order chi connectivity index (χ1) is 17.1. The molecule has 3 aromatic rings. The van der Waals surface area contributed by atoms with Gasteiger partial charge in [0, 0.05) is 37.2 Å². The number of alkyl halides is 2. The molecule has 5 rings (SSSR count). The second-order valence-electron chi connectivity index (χ2n) is 9.11. The number of hydrogen-bond donors (Lipinski definition) is 1. The molecule has 0 amide bonds. The average Bonchev–Trinajstić information content (AvgIpc) is 3.28. The van der Waals surface area contributed by atoms with Gasteiger partial charge in [0.1, 0.15) is 17.0 Å². The molecule has 1 fully saturated rings. The summed E-state index contributed by atoms with van der Waals surface area (Å²) in [6.45, 7) is 2.50. The molecule has 0 radical (unpaired) electrons. The van der Waals surface area contributed by atoms with E-state index in [1.807, 2.05) is 4.90 Å². The third-order valence-electron chi connectivity index (χ3n) is 6.65. The van der Waals surface area contributed by atoms with Crippen LogP contribution in [0.3, 0.4) is 0 Å². The predicted molar refractivity (Wildman–Crippen MR) is 131 cm³/mol. The van der Waals surface area contributed by atoms with Crippen LogP contribution < -0.4 is 10.5 Å². The van der Waals surface area contributed by atoms with Crippen LogP contribution in [0.4, 0.5) is 14.5 Å². The largest absolute Gasteiger partial charge is 0.382 e. The number of rotatable bonds is 5. The highest BCUT2D eigenvalue weighted by Gasteiger charge is 2.33. The molecule has 2 aliphatic rings. The minimum atomic E-state index is -3.19. The fourth-order valence-electron chi connectivity index (χ4n) is 4.79. The van der Waals surface area contributed by atoms with E-state index < -0.39 is 23.8 Å². The molecule has 8 nitrogen and oxygen atoms in total. The van der Waals surface area contributed by atoms with Crippen LogP contribution in [0.2, 0.25) is 10.0 Å². The van der Waals surface area contributed by atoms with E-state index in [9.17, 15) is 18.7 Å². The number of aromatic nitrogens is 4. The van der Waals surface area contributed by atoms with Crippen LogP contribution in [0.25, 0.3) is 0 Å². The highest BCUT2D eigenvalue weighted by Crippen LogP contribution is 2.37. The standard InChI is InChI=1S/C24H25Cl2F2N5O3/c1-24(27,28)16-10-14(25)5-6-15(16)22(34)18-11-29-19-13-31(7-8-32(18)19)17-12-30-33(23(35)21(17)26)20-4-2-3-9-36-20/h5-6,10-12,20,22,34H,2-4,7-9,13H2,1H3. The molecule has 2 unspecified atom stereocenters. The summed E-state index contributed by atoms with van der Waals surface area (Å²) in [6, 6.07) is 4.05. The fraction of sp³-hybridized carbons (Fsp3) is 0.458. The van der Waals surface area contributed by atoms with E-state index in [1.165, 1.54) is 29.1 Å². The molecule has 0 aliphatic carbocycles. The minimum Gasteiger partial charge on any atom is -0.382 e. The summed E-state index contributed by atoms with van der Waals surface area (Å²) in [5, 5.41) is 15.6. The summed E-state index contributed by atoms with van der Waals surface area (Å²) < 4.78 is 37.2. The van der Waals surface area contributed by atoms with Crippen LogP contribution in [0, 0.1) is 0 Å². The molecule has 192 valence electrons. The zero-order valence-corrected chi connectivity index (χ0v) is 21.0. The van der Waals surface area contributed by atoms with Crippen molar-refractivity contribution in [1.29, 1.82) is 0 Å². The Morgan fingerprint density at radius 2 is 2.03 bits per heavy atom. The quantitative estimate of drug-likeness (QED) is 0.507. The highest BCUT2D eigenvalue weighted by atomic mass is 35.5. The molecule has 0 saturated carbocycles. The van der Waals surface area contributed by atoms with E-state index in [4.69, 9.17) is 27.9 Å². The number of ether oxygens (including phenoxy) is 1. The summed E-state index contributed by atoms with van der Waals surface area (Å²) in [4.78, 5) is 19.2. The lowest BCUT2D eigenvalue weighted by Gasteiger charge is -2.32. The Morgan fingerprint density at radius 3 is 2.75 bits per heavy atom. The number of benzene rings is 1. The van der Waals surface area contributed by atoms with Crippen LogP contribution in [-0.2, 0) is 23.7 Å². The summed E-state index contributed by atoms with van der Waals surface area (Å²) >= 11 is 12.4. The molecule has 0 bridgehead atoms. The molecule has 2 aromatic heterocycles. The maximum Gasteiger partial charge on any atom is 0.290 e. The second-order valence-corrected chi connectivity index (χ2v) is 9.92. The zero-order valence-electron chi connectivity index (χ0n) is 19.5. The number of hydrogen-bond acceptors (Lipinski definition) is 6. The van der Waals surface area contributed by atoms with Gasteiger partial charge in [0.25, 0.3) is 11.5 Å². The number of aliphatic hydroxyl groups is 1. The maximum atomic E-state index is 14.2. The minimum absolute atomic E-state index is 0.0513. The Labute approximate surface area is 216 Å². The van der Waals surface area contributed by atoms with Crippen molar-refractivity contribution in [3.05, 3.63) is 73.6 Å². The third-order valence-corrected chi connectivity index (χ3v) is 7.24. The van der Waals surface area contributed by atoms with Gasteiger partial charge in [0.15, 0.2) is 6.23 Å². The number of aliphatic hydroxyl groups excluding tert-OH is 1. The molecule has 1 aromatic carbocycles. The number of anilines is 1. The predicted octanol–water partition coefficient (Wildman–Crippen LogP) is 4.66. The van der Waals surface area contributed by atoms with Crippen molar-refractivity contribution >= 4 is 28.9 Å². The summed E-state index contributed by atoms with van der Waals surface area (Å²) in [5.41, 5.74) is 0.192. The second kappa shape index (κ2) is 9.74. The molecule has 2 atom stereocenters. The molecule has 0 spiro atoms. The Morgan fingerprint density at radius 1 is 1.22 bits per heavy atom. The first-order valence-corrected chi connectivity index (χ1v) is 12.4. The summed E-state index contributed by atoms with van der Waals surface area (Å²) in [5.74, 6) is -2.58. The van der Waals surface area contributed by atoms with E-state index in [2.05, 4.69) is 10.1 Å². The maximum absolute atomic E-state index is 14.2. The Bertz CT molecular complexity index is 1330. The third kappa shape index (κ3) is 4.63. The Balaban J connectivity index is 1.41. The van der Waals surface area contributed by atoms with Gasteiger partial charge >= 0.3 is 0 Å². The lowest BCUT2D eigenvalue weighted by Crippen LogP contribution is -2.37. The van der Waals surface area contributed by atoms with E-state index >= 15 is 0 Å². The monoisotopic (exact) mass is 539 g/mol. The SMILES string of the molecule is CC(F)(F)c1cc(Cl)ccc1C(O)c1cnc2n1CCN(c1cnn(C3CCCCO3)c(=O)c1Cl)C2. The molecule has 2 aliphatic heterocycles.